The van der Waals surface area contributed by atoms with E-state index in [0.29, 0.717) is 18.9 Å². The van der Waals surface area contributed by atoms with Crippen LogP contribution in [-0.4, -0.2) is 55.3 Å². The number of aromatic nitrogens is 4. The topological polar surface area (TPSA) is 96.2 Å². The average molecular weight is 344 g/mol. The summed E-state index contributed by atoms with van der Waals surface area (Å²) in [5.41, 5.74) is 0.948. The van der Waals surface area contributed by atoms with Gasteiger partial charge in [-0.2, -0.15) is 0 Å². The lowest BCUT2D eigenvalue weighted by atomic mass is 9.79. The van der Waals surface area contributed by atoms with Gasteiger partial charge < -0.3 is 15.0 Å². The molecule has 1 aliphatic rings. The number of carbonyl (C=O) groups is 1. The minimum Gasteiger partial charge on any atom is -0.388 e. The van der Waals surface area contributed by atoms with Gasteiger partial charge in [0.15, 0.2) is 5.82 Å². The van der Waals surface area contributed by atoms with Crippen LogP contribution in [0.25, 0.3) is 0 Å². The van der Waals surface area contributed by atoms with E-state index in [0.717, 1.165) is 24.4 Å². The first-order valence-corrected chi connectivity index (χ1v) is 8.43. The number of hydrogen-bond donors (Lipinski definition) is 2. The van der Waals surface area contributed by atoms with Crippen LogP contribution in [0.2, 0.25) is 0 Å². The normalized spacial score (nSPS) is 19.7. The Morgan fingerprint density at radius 2 is 2.20 bits per heavy atom. The molecule has 0 unspecified atom stereocenters. The SMILES string of the molecule is CN(CC(=O)NC1CC(c2nnc(CO)n2C)C1)Cc1ccccn1. The molecule has 1 aliphatic carbocycles. The lowest BCUT2D eigenvalue weighted by molar-refractivity contribution is -0.123. The molecule has 1 amide bonds. The van der Waals surface area contributed by atoms with E-state index in [1.807, 2.05) is 41.8 Å². The molecule has 2 aromatic rings. The lowest BCUT2D eigenvalue weighted by Gasteiger charge is -2.35. The molecule has 8 nitrogen and oxygen atoms in total. The van der Waals surface area contributed by atoms with Crippen molar-refractivity contribution in [3.8, 4) is 0 Å². The molecule has 0 radical (unpaired) electrons. The fourth-order valence-corrected chi connectivity index (χ4v) is 3.16. The summed E-state index contributed by atoms with van der Waals surface area (Å²) in [4.78, 5) is 18.4. The van der Waals surface area contributed by atoms with Crippen LogP contribution in [0.5, 0.6) is 0 Å². The number of rotatable bonds is 7. The van der Waals surface area contributed by atoms with Gasteiger partial charge in [0.25, 0.3) is 0 Å². The smallest absolute Gasteiger partial charge is 0.234 e. The molecule has 0 saturated heterocycles. The summed E-state index contributed by atoms with van der Waals surface area (Å²) < 4.78 is 1.84. The molecule has 2 heterocycles. The molecule has 134 valence electrons. The Kier molecular flexibility index (Phi) is 5.40. The van der Waals surface area contributed by atoms with Gasteiger partial charge in [-0.1, -0.05) is 6.07 Å². The summed E-state index contributed by atoms with van der Waals surface area (Å²) in [6.45, 7) is 0.875. The van der Waals surface area contributed by atoms with E-state index >= 15 is 0 Å². The molecule has 0 atom stereocenters. The first kappa shape index (κ1) is 17.5. The van der Waals surface area contributed by atoms with Crippen LogP contribution in [0.1, 0.15) is 36.1 Å². The molecule has 0 bridgehead atoms. The summed E-state index contributed by atoms with van der Waals surface area (Å²) in [6.07, 6.45) is 3.46. The van der Waals surface area contributed by atoms with Crippen LogP contribution < -0.4 is 5.32 Å². The monoisotopic (exact) mass is 344 g/mol. The van der Waals surface area contributed by atoms with E-state index in [4.69, 9.17) is 0 Å². The van der Waals surface area contributed by atoms with E-state index in [1.165, 1.54) is 0 Å². The number of pyridine rings is 1. The third kappa shape index (κ3) is 4.21. The van der Waals surface area contributed by atoms with Crippen molar-refractivity contribution in [3.63, 3.8) is 0 Å². The number of amides is 1. The molecule has 2 N–H and O–H groups in total. The molecule has 1 fully saturated rings. The zero-order chi connectivity index (χ0) is 17.8. The van der Waals surface area contributed by atoms with Gasteiger partial charge in [0.1, 0.15) is 12.4 Å². The van der Waals surface area contributed by atoms with E-state index < -0.39 is 0 Å². The van der Waals surface area contributed by atoms with Gasteiger partial charge in [-0.25, -0.2) is 0 Å². The zero-order valence-electron chi connectivity index (χ0n) is 14.6. The predicted octanol–water partition coefficient (Wildman–Crippen LogP) is 0.197. The maximum absolute atomic E-state index is 12.2. The van der Waals surface area contributed by atoms with Crippen molar-refractivity contribution in [2.75, 3.05) is 13.6 Å². The maximum Gasteiger partial charge on any atom is 0.234 e. The van der Waals surface area contributed by atoms with Crippen LogP contribution in [-0.2, 0) is 25.0 Å². The molecule has 0 aromatic carbocycles. The third-order valence-corrected chi connectivity index (χ3v) is 4.58. The highest BCUT2D eigenvalue weighted by molar-refractivity contribution is 5.78. The summed E-state index contributed by atoms with van der Waals surface area (Å²) >= 11 is 0. The fraction of sp³-hybridized carbons (Fsp3) is 0.529. The van der Waals surface area contributed by atoms with Gasteiger partial charge in [-0.15, -0.1) is 10.2 Å². The number of nitrogens with zero attached hydrogens (tertiary/aromatic N) is 5. The number of carbonyl (C=O) groups excluding carboxylic acids is 1. The summed E-state index contributed by atoms with van der Waals surface area (Å²) in [5, 5.41) is 20.3. The lowest BCUT2D eigenvalue weighted by Crippen LogP contribution is -2.47. The van der Waals surface area contributed by atoms with Gasteiger partial charge >= 0.3 is 0 Å². The second kappa shape index (κ2) is 7.71. The third-order valence-electron chi connectivity index (χ3n) is 4.58. The standard InChI is InChI=1S/C17H24N6O2/c1-22(9-13-5-3-4-6-18-13)10-16(25)19-14-7-12(8-14)17-21-20-15(11-24)23(17)2/h3-6,12,14,24H,7-11H2,1-2H3,(H,19,25). The largest absolute Gasteiger partial charge is 0.388 e. The summed E-state index contributed by atoms with van der Waals surface area (Å²) in [5.74, 6) is 1.76. The van der Waals surface area contributed by atoms with Crippen LogP contribution in [0.3, 0.4) is 0 Å². The van der Waals surface area contributed by atoms with Gasteiger partial charge in [0.05, 0.1) is 12.2 Å². The van der Waals surface area contributed by atoms with Crippen molar-refractivity contribution in [1.82, 2.24) is 30.0 Å². The Morgan fingerprint density at radius 3 is 2.84 bits per heavy atom. The van der Waals surface area contributed by atoms with E-state index in [2.05, 4.69) is 20.5 Å². The number of aliphatic hydroxyl groups is 1. The second-order valence-corrected chi connectivity index (χ2v) is 6.62. The molecule has 3 rings (SSSR count). The predicted molar refractivity (Wildman–Crippen MR) is 91.4 cm³/mol. The van der Waals surface area contributed by atoms with Crippen molar-refractivity contribution < 1.29 is 9.90 Å². The molecule has 8 heteroatoms. The minimum absolute atomic E-state index is 0.0240. The van der Waals surface area contributed by atoms with Crippen molar-refractivity contribution >= 4 is 5.91 Å². The quantitative estimate of drug-likeness (QED) is 0.745. The van der Waals surface area contributed by atoms with Gasteiger partial charge in [-0.05, 0) is 32.0 Å². The van der Waals surface area contributed by atoms with E-state index in [1.54, 1.807) is 6.20 Å². The second-order valence-electron chi connectivity index (χ2n) is 6.62. The summed E-state index contributed by atoms with van der Waals surface area (Å²) in [7, 11) is 3.77. The van der Waals surface area contributed by atoms with Gasteiger partial charge in [0, 0.05) is 31.7 Å². The highest BCUT2D eigenvalue weighted by Gasteiger charge is 2.34. The Labute approximate surface area is 146 Å². The molecule has 0 aliphatic heterocycles. The van der Waals surface area contributed by atoms with E-state index in [-0.39, 0.29) is 24.5 Å². The Bertz CT molecular complexity index is 711. The molecule has 0 spiro atoms. The average Bonchev–Trinajstić information content (AvgIpc) is 2.91. The van der Waals surface area contributed by atoms with Crippen molar-refractivity contribution in [2.24, 2.45) is 7.05 Å². The number of hydrogen-bond acceptors (Lipinski definition) is 6. The van der Waals surface area contributed by atoms with Crippen molar-refractivity contribution in [2.45, 2.75) is 38.0 Å². The van der Waals surface area contributed by atoms with Crippen LogP contribution in [0, 0.1) is 0 Å². The van der Waals surface area contributed by atoms with Gasteiger partial charge in [-0.3, -0.25) is 14.7 Å². The molecule has 25 heavy (non-hydrogen) atoms. The Balaban J connectivity index is 1.42. The first-order chi connectivity index (χ1) is 12.1. The highest BCUT2D eigenvalue weighted by atomic mass is 16.3. The number of likely N-dealkylation sites (N-methyl/N-ethyl adjacent to an activating group) is 1. The highest BCUT2D eigenvalue weighted by Crippen LogP contribution is 2.35. The van der Waals surface area contributed by atoms with Crippen molar-refractivity contribution in [1.29, 1.82) is 0 Å². The maximum atomic E-state index is 12.2. The minimum atomic E-state index is -0.112. The summed E-state index contributed by atoms with van der Waals surface area (Å²) in [6, 6.07) is 5.95. The molecular formula is C17H24N6O2. The molecular weight excluding hydrogens is 320 g/mol. The fourth-order valence-electron chi connectivity index (χ4n) is 3.16. The van der Waals surface area contributed by atoms with E-state index in [9.17, 15) is 9.90 Å². The molecule has 1 saturated carbocycles. The van der Waals surface area contributed by atoms with Crippen LogP contribution >= 0.6 is 0 Å². The Morgan fingerprint density at radius 1 is 1.40 bits per heavy atom. The zero-order valence-corrected chi connectivity index (χ0v) is 14.6. The van der Waals surface area contributed by atoms with Crippen molar-refractivity contribution in [3.05, 3.63) is 41.7 Å². The van der Waals surface area contributed by atoms with Crippen LogP contribution in [0.4, 0.5) is 0 Å². The first-order valence-electron chi connectivity index (χ1n) is 8.43. The number of nitrogens with one attached hydrogen (secondary N) is 1. The van der Waals surface area contributed by atoms with Crippen LogP contribution in [0.15, 0.2) is 24.4 Å². The Hall–Kier alpha value is -2.32. The number of aliphatic hydroxyl groups excluding tert-OH is 1. The molecule has 2 aromatic heterocycles. The van der Waals surface area contributed by atoms with Gasteiger partial charge in [0.2, 0.25) is 5.91 Å².